The second kappa shape index (κ2) is 5.24. The highest BCUT2D eigenvalue weighted by Gasteiger charge is 2.22. The van der Waals surface area contributed by atoms with Crippen LogP contribution in [0, 0.1) is 0 Å². The van der Waals surface area contributed by atoms with Crippen LogP contribution >= 0.6 is 11.8 Å². The van der Waals surface area contributed by atoms with E-state index in [-0.39, 0.29) is 6.61 Å². The van der Waals surface area contributed by atoms with Crippen molar-refractivity contribution in [1.29, 1.82) is 0 Å². The van der Waals surface area contributed by atoms with E-state index in [2.05, 4.69) is 47.2 Å². The van der Waals surface area contributed by atoms with E-state index in [1.165, 1.54) is 21.4 Å². The van der Waals surface area contributed by atoms with E-state index < -0.39 is 0 Å². The lowest BCUT2D eigenvalue weighted by Crippen LogP contribution is -2.11. The Labute approximate surface area is 128 Å². The predicted molar refractivity (Wildman–Crippen MR) is 87.7 cm³/mol. The minimum absolute atomic E-state index is 0.102. The van der Waals surface area contributed by atoms with Crippen molar-refractivity contribution in [3.8, 4) is 0 Å². The Morgan fingerprint density at radius 1 is 1.10 bits per heavy atom. The summed E-state index contributed by atoms with van der Waals surface area (Å²) in [6.45, 7) is 1.11. The lowest BCUT2D eigenvalue weighted by atomic mass is 10.1. The van der Waals surface area contributed by atoms with Crippen molar-refractivity contribution in [3.63, 3.8) is 0 Å². The summed E-state index contributed by atoms with van der Waals surface area (Å²) in [6.07, 6.45) is 3.29. The van der Waals surface area contributed by atoms with Crippen LogP contribution in [-0.4, -0.2) is 14.9 Å². The molecule has 1 atom stereocenters. The number of aliphatic hydroxyl groups is 1. The Morgan fingerprint density at radius 2 is 2.00 bits per heavy atom. The van der Waals surface area contributed by atoms with E-state index in [1.807, 2.05) is 23.9 Å². The second-order valence-electron chi connectivity index (χ2n) is 5.53. The van der Waals surface area contributed by atoms with E-state index in [0.717, 1.165) is 18.5 Å². The zero-order chi connectivity index (χ0) is 14.2. The average molecular weight is 295 g/mol. The quantitative estimate of drug-likeness (QED) is 0.794. The summed E-state index contributed by atoms with van der Waals surface area (Å²) in [5, 5.41) is 11.2. The lowest BCUT2D eigenvalue weighted by molar-refractivity contribution is 0.283. The number of hydrogen-bond acceptors (Lipinski definition) is 2. The van der Waals surface area contributed by atoms with Gasteiger partial charge in [-0.2, -0.15) is 0 Å². The van der Waals surface area contributed by atoms with Crippen molar-refractivity contribution in [2.75, 3.05) is 0 Å². The van der Waals surface area contributed by atoms with Crippen LogP contribution in [0.15, 0.2) is 59.6 Å². The molecule has 3 heteroatoms. The number of thioether (sulfide) groups is 1. The molecule has 0 saturated carbocycles. The Kier molecular flexibility index (Phi) is 3.24. The summed E-state index contributed by atoms with van der Waals surface area (Å²) in [4.78, 5) is 1.43. The summed E-state index contributed by atoms with van der Waals surface area (Å²) >= 11 is 1.98. The molecular weight excluding hydrogens is 278 g/mol. The zero-order valence-electron chi connectivity index (χ0n) is 11.7. The van der Waals surface area contributed by atoms with E-state index in [0.29, 0.717) is 5.25 Å². The molecule has 106 valence electrons. The first kappa shape index (κ1) is 13.0. The van der Waals surface area contributed by atoms with Crippen LogP contribution in [0.4, 0.5) is 0 Å². The van der Waals surface area contributed by atoms with Crippen LogP contribution in [0.5, 0.6) is 0 Å². The van der Waals surface area contributed by atoms with Gasteiger partial charge in [-0.05, 0) is 35.7 Å². The highest BCUT2D eigenvalue weighted by Crippen LogP contribution is 2.38. The molecule has 4 rings (SSSR count). The highest BCUT2D eigenvalue weighted by molar-refractivity contribution is 8.00. The molecular formula is C18H17NOS. The standard InChI is InChI=1S/C18H17NOS/c20-12-14-5-3-6-17-16(14)8-9-19(17)11-15-10-13-4-1-2-7-18(13)21-15/h1-9,15,20H,10-12H2. The summed E-state index contributed by atoms with van der Waals surface area (Å²) in [7, 11) is 0. The topological polar surface area (TPSA) is 25.2 Å². The number of benzene rings is 2. The van der Waals surface area contributed by atoms with Gasteiger partial charge in [0.15, 0.2) is 0 Å². The number of aromatic nitrogens is 1. The summed E-state index contributed by atoms with van der Waals surface area (Å²) in [5.74, 6) is 0. The van der Waals surface area contributed by atoms with Gasteiger partial charge in [-0.15, -0.1) is 11.8 Å². The van der Waals surface area contributed by atoms with Gasteiger partial charge in [0.1, 0.15) is 0 Å². The largest absolute Gasteiger partial charge is 0.392 e. The van der Waals surface area contributed by atoms with Gasteiger partial charge < -0.3 is 9.67 Å². The molecule has 0 aliphatic carbocycles. The summed E-state index contributed by atoms with van der Waals surface area (Å²) < 4.78 is 2.32. The Balaban J connectivity index is 1.62. The van der Waals surface area contributed by atoms with Gasteiger partial charge in [0, 0.05) is 33.8 Å². The molecule has 2 aromatic carbocycles. The Morgan fingerprint density at radius 3 is 2.86 bits per heavy atom. The molecule has 1 aliphatic heterocycles. The molecule has 21 heavy (non-hydrogen) atoms. The van der Waals surface area contributed by atoms with E-state index in [1.54, 1.807) is 0 Å². The maximum Gasteiger partial charge on any atom is 0.0688 e. The van der Waals surface area contributed by atoms with Crippen LogP contribution in [-0.2, 0) is 19.6 Å². The molecule has 1 aromatic heterocycles. The molecule has 0 amide bonds. The lowest BCUT2D eigenvalue weighted by Gasteiger charge is -2.11. The third-order valence-electron chi connectivity index (χ3n) is 4.19. The van der Waals surface area contributed by atoms with Crippen molar-refractivity contribution < 1.29 is 5.11 Å². The van der Waals surface area contributed by atoms with Crippen molar-refractivity contribution in [2.45, 2.75) is 29.7 Å². The van der Waals surface area contributed by atoms with E-state index in [9.17, 15) is 5.11 Å². The maximum atomic E-state index is 9.43. The molecule has 2 heterocycles. The molecule has 0 fully saturated rings. The molecule has 0 spiro atoms. The molecule has 0 bridgehead atoms. The monoisotopic (exact) mass is 295 g/mol. The van der Waals surface area contributed by atoms with Crippen molar-refractivity contribution in [1.82, 2.24) is 4.57 Å². The first-order valence-corrected chi connectivity index (χ1v) is 8.15. The minimum atomic E-state index is 0.102. The van der Waals surface area contributed by atoms with Crippen LogP contribution < -0.4 is 0 Å². The SMILES string of the molecule is OCc1cccc2c1ccn2CC1Cc2ccccc2S1. The molecule has 0 saturated heterocycles. The number of aliphatic hydroxyl groups excluding tert-OH is 1. The Bertz CT molecular complexity index is 768. The van der Waals surface area contributed by atoms with Gasteiger partial charge in [-0.1, -0.05) is 30.3 Å². The second-order valence-corrected chi connectivity index (χ2v) is 6.87. The Hall–Kier alpha value is -1.71. The summed E-state index contributed by atoms with van der Waals surface area (Å²) in [5.41, 5.74) is 3.70. The average Bonchev–Trinajstić information content (AvgIpc) is 3.11. The van der Waals surface area contributed by atoms with Gasteiger partial charge in [0.25, 0.3) is 0 Å². The van der Waals surface area contributed by atoms with E-state index >= 15 is 0 Å². The predicted octanol–water partition coefficient (Wildman–Crippen LogP) is 3.85. The molecule has 1 aliphatic rings. The van der Waals surface area contributed by atoms with Crippen molar-refractivity contribution in [2.24, 2.45) is 0 Å². The summed E-state index contributed by atoms with van der Waals surface area (Å²) in [6, 6.07) is 17.0. The molecule has 0 radical (unpaired) electrons. The normalized spacial score (nSPS) is 17.3. The van der Waals surface area contributed by atoms with Gasteiger partial charge in [0.05, 0.1) is 6.61 Å². The minimum Gasteiger partial charge on any atom is -0.392 e. The first-order valence-electron chi connectivity index (χ1n) is 7.27. The number of nitrogens with zero attached hydrogens (tertiary/aromatic N) is 1. The van der Waals surface area contributed by atoms with Gasteiger partial charge in [0.2, 0.25) is 0 Å². The van der Waals surface area contributed by atoms with Crippen LogP contribution in [0.1, 0.15) is 11.1 Å². The zero-order valence-corrected chi connectivity index (χ0v) is 12.5. The molecule has 3 aromatic rings. The molecule has 1 N–H and O–H groups in total. The first-order chi connectivity index (χ1) is 10.3. The van der Waals surface area contributed by atoms with Gasteiger partial charge in [-0.25, -0.2) is 0 Å². The third-order valence-corrected chi connectivity index (χ3v) is 5.49. The molecule has 1 unspecified atom stereocenters. The third kappa shape index (κ3) is 2.27. The van der Waals surface area contributed by atoms with Crippen LogP contribution in [0.25, 0.3) is 10.9 Å². The molecule has 2 nitrogen and oxygen atoms in total. The van der Waals surface area contributed by atoms with Crippen LogP contribution in [0.3, 0.4) is 0 Å². The maximum absolute atomic E-state index is 9.43. The van der Waals surface area contributed by atoms with Crippen molar-refractivity contribution >= 4 is 22.7 Å². The number of hydrogen-bond donors (Lipinski definition) is 1. The van der Waals surface area contributed by atoms with Gasteiger partial charge >= 0.3 is 0 Å². The fourth-order valence-corrected chi connectivity index (χ4v) is 4.48. The van der Waals surface area contributed by atoms with Crippen LogP contribution in [0.2, 0.25) is 0 Å². The van der Waals surface area contributed by atoms with Crippen molar-refractivity contribution in [3.05, 3.63) is 65.9 Å². The fourth-order valence-electron chi connectivity index (χ4n) is 3.16. The number of rotatable bonds is 3. The number of fused-ring (bicyclic) bond motifs is 2. The van der Waals surface area contributed by atoms with Gasteiger partial charge in [-0.3, -0.25) is 0 Å². The highest BCUT2D eigenvalue weighted by atomic mass is 32.2. The smallest absolute Gasteiger partial charge is 0.0688 e. The fraction of sp³-hybridized carbons (Fsp3) is 0.222. The van der Waals surface area contributed by atoms with E-state index in [4.69, 9.17) is 0 Å².